The van der Waals surface area contributed by atoms with E-state index in [4.69, 9.17) is 5.73 Å². The van der Waals surface area contributed by atoms with Gasteiger partial charge in [-0.3, -0.25) is 4.40 Å². The fourth-order valence-electron chi connectivity index (χ4n) is 3.33. The summed E-state index contributed by atoms with van der Waals surface area (Å²) in [6.07, 6.45) is 5.22. The fraction of sp³-hybridized carbons (Fsp3) is 0.235. The topological polar surface area (TPSA) is 46.6 Å². The van der Waals surface area contributed by atoms with Crippen molar-refractivity contribution in [1.82, 2.24) is 9.38 Å². The molecule has 3 heterocycles. The summed E-state index contributed by atoms with van der Waals surface area (Å²) in [5.74, 6) is -0.233. The first-order valence-corrected chi connectivity index (χ1v) is 7.57. The minimum atomic E-state index is -0.414. The van der Waals surface area contributed by atoms with Gasteiger partial charge in [0.15, 0.2) is 0 Å². The Morgan fingerprint density at radius 1 is 1.17 bits per heavy atom. The standard InChI is InChI=1S/C17H16F2N4/c18-11-3-5-14(19)13(8-11)15-2-1-7-22(15)12-4-6-17-21-9-16(20)23(17)10-12/h3-6,8-10,15H,1-2,7,20H2. The van der Waals surface area contributed by atoms with Gasteiger partial charge in [0.1, 0.15) is 23.1 Å². The molecule has 0 aliphatic carbocycles. The molecule has 23 heavy (non-hydrogen) atoms. The molecule has 2 aromatic heterocycles. The number of fused-ring (bicyclic) bond motifs is 1. The smallest absolute Gasteiger partial charge is 0.138 e. The predicted molar refractivity (Wildman–Crippen MR) is 85.3 cm³/mol. The zero-order chi connectivity index (χ0) is 16.0. The second-order valence-corrected chi connectivity index (χ2v) is 5.82. The van der Waals surface area contributed by atoms with E-state index in [-0.39, 0.29) is 11.9 Å². The number of aromatic nitrogens is 2. The minimum Gasteiger partial charge on any atom is -0.383 e. The van der Waals surface area contributed by atoms with Crippen molar-refractivity contribution in [2.45, 2.75) is 18.9 Å². The highest BCUT2D eigenvalue weighted by Gasteiger charge is 2.29. The van der Waals surface area contributed by atoms with Crippen LogP contribution in [0.5, 0.6) is 0 Å². The Kier molecular flexibility index (Phi) is 3.18. The maximum absolute atomic E-state index is 14.1. The van der Waals surface area contributed by atoms with Crippen LogP contribution in [0.2, 0.25) is 0 Å². The Bertz CT molecular complexity index is 874. The Balaban J connectivity index is 1.76. The van der Waals surface area contributed by atoms with Crippen molar-refractivity contribution >= 4 is 17.2 Å². The molecule has 6 heteroatoms. The summed E-state index contributed by atoms with van der Waals surface area (Å²) in [5.41, 5.74) is 8.00. The lowest BCUT2D eigenvalue weighted by molar-refractivity contribution is 0.561. The molecule has 0 amide bonds. The van der Waals surface area contributed by atoms with Crippen molar-refractivity contribution in [3.63, 3.8) is 0 Å². The lowest BCUT2D eigenvalue weighted by Gasteiger charge is -2.27. The first kappa shape index (κ1) is 14.0. The SMILES string of the molecule is Nc1cnc2ccc(N3CCCC3c3cc(F)ccc3F)cn12. The third-order valence-electron chi connectivity index (χ3n) is 4.42. The van der Waals surface area contributed by atoms with E-state index in [0.29, 0.717) is 11.4 Å². The highest BCUT2D eigenvalue weighted by molar-refractivity contribution is 5.57. The average molecular weight is 314 g/mol. The number of nitrogens with two attached hydrogens (primary N) is 1. The highest BCUT2D eigenvalue weighted by Crippen LogP contribution is 2.37. The largest absolute Gasteiger partial charge is 0.383 e. The number of nitrogen functional groups attached to an aromatic ring is 1. The number of hydrogen-bond acceptors (Lipinski definition) is 3. The van der Waals surface area contributed by atoms with Crippen molar-refractivity contribution < 1.29 is 8.78 Å². The number of rotatable bonds is 2. The number of anilines is 2. The Hall–Kier alpha value is -2.63. The molecule has 3 aromatic rings. The molecule has 1 atom stereocenters. The van der Waals surface area contributed by atoms with Crippen LogP contribution >= 0.6 is 0 Å². The second-order valence-electron chi connectivity index (χ2n) is 5.82. The van der Waals surface area contributed by atoms with Gasteiger partial charge < -0.3 is 10.6 Å². The molecular weight excluding hydrogens is 298 g/mol. The molecule has 0 saturated carbocycles. The summed E-state index contributed by atoms with van der Waals surface area (Å²) in [7, 11) is 0. The van der Waals surface area contributed by atoms with E-state index in [0.717, 1.165) is 36.8 Å². The number of pyridine rings is 1. The molecule has 1 saturated heterocycles. The Labute approximate surface area is 132 Å². The van der Waals surface area contributed by atoms with Gasteiger partial charge in [-0.05, 0) is 43.2 Å². The van der Waals surface area contributed by atoms with Crippen LogP contribution in [0.4, 0.5) is 20.3 Å². The third-order valence-corrected chi connectivity index (χ3v) is 4.42. The van der Waals surface area contributed by atoms with Gasteiger partial charge >= 0.3 is 0 Å². The molecule has 1 aliphatic rings. The van der Waals surface area contributed by atoms with Gasteiger partial charge in [0.05, 0.1) is 17.9 Å². The normalized spacial score (nSPS) is 18.0. The molecular formula is C17H16F2N4. The monoisotopic (exact) mass is 314 g/mol. The predicted octanol–water partition coefficient (Wildman–Crippen LogP) is 3.54. The summed E-state index contributed by atoms with van der Waals surface area (Å²) in [5, 5.41) is 0. The molecule has 4 nitrogen and oxygen atoms in total. The van der Waals surface area contributed by atoms with Gasteiger partial charge in [-0.25, -0.2) is 13.8 Å². The van der Waals surface area contributed by atoms with Crippen LogP contribution < -0.4 is 10.6 Å². The molecule has 0 spiro atoms. The van der Waals surface area contributed by atoms with Crippen molar-refractivity contribution in [1.29, 1.82) is 0 Å². The first-order valence-electron chi connectivity index (χ1n) is 7.57. The number of hydrogen-bond donors (Lipinski definition) is 1. The van der Waals surface area contributed by atoms with Crippen molar-refractivity contribution in [2.24, 2.45) is 0 Å². The van der Waals surface area contributed by atoms with E-state index < -0.39 is 5.82 Å². The van der Waals surface area contributed by atoms with Crippen LogP contribution in [-0.2, 0) is 0 Å². The quantitative estimate of drug-likeness (QED) is 0.787. The van der Waals surface area contributed by atoms with Crippen molar-refractivity contribution in [2.75, 3.05) is 17.2 Å². The molecule has 118 valence electrons. The zero-order valence-electron chi connectivity index (χ0n) is 12.4. The molecule has 1 aliphatic heterocycles. The van der Waals surface area contributed by atoms with Crippen molar-refractivity contribution in [3.05, 3.63) is 59.9 Å². The summed E-state index contributed by atoms with van der Waals surface area (Å²) in [6, 6.07) is 7.28. The zero-order valence-corrected chi connectivity index (χ0v) is 12.4. The lowest BCUT2D eigenvalue weighted by atomic mass is 10.0. The lowest BCUT2D eigenvalue weighted by Crippen LogP contribution is -2.23. The van der Waals surface area contributed by atoms with Crippen LogP contribution in [0.3, 0.4) is 0 Å². The van der Waals surface area contributed by atoms with Gasteiger partial charge in [0.25, 0.3) is 0 Å². The van der Waals surface area contributed by atoms with Crippen LogP contribution in [0.15, 0.2) is 42.7 Å². The van der Waals surface area contributed by atoms with Gasteiger partial charge in [-0.15, -0.1) is 0 Å². The highest BCUT2D eigenvalue weighted by atomic mass is 19.1. The molecule has 1 aromatic carbocycles. The summed E-state index contributed by atoms with van der Waals surface area (Å²) < 4.78 is 29.5. The Morgan fingerprint density at radius 3 is 2.91 bits per heavy atom. The van der Waals surface area contributed by atoms with Gasteiger partial charge in [0.2, 0.25) is 0 Å². The van der Waals surface area contributed by atoms with Crippen LogP contribution in [0.25, 0.3) is 5.65 Å². The first-order chi connectivity index (χ1) is 11.1. The fourth-order valence-corrected chi connectivity index (χ4v) is 3.33. The summed E-state index contributed by atoms with van der Waals surface area (Å²) >= 11 is 0. The number of nitrogens with zero attached hydrogens (tertiary/aromatic N) is 3. The third kappa shape index (κ3) is 2.30. The molecule has 0 bridgehead atoms. The second kappa shape index (κ2) is 5.22. The van der Waals surface area contributed by atoms with E-state index in [1.165, 1.54) is 12.1 Å². The van der Waals surface area contributed by atoms with Crippen LogP contribution in [0.1, 0.15) is 24.4 Å². The van der Waals surface area contributed by atoms with E-state index >= 15 is 0 Å². The van der Waals surface area contributed by atoms with Crippen LogP contribution in [0, 0.1) is 11.6 Å². The molecule has 2 N–H and O–H groups in total. The van der Waals surface area contributed by atoms with E-state index in [1.807, 2.05) is 18.3 Å². The van der Waals surface area contributed by atoms with Gasteiger partial charge in [-0.1, -0.05) is 0 Å². The minimum absolute atomic E-state index is 0.173. The number of imidazole rings is 1. The van der Waals surface area contributed by atoms with Crippen LogP contribution in [-0.4, -0.2) is 15.9 Å². The van der Waals surface area contributed by atoms with Crippen molar-refractivity contribution in [3.8, 4) is 0 Å². The average Bonchev–Trinajstić information content (AvgIpc) is 3.17. The number of benzene rings is 1. The van der Waals surface area contributed by atoms with E-state index in [1.54, 1.807) is 10.6 Å². The molecule has 1 fully saturated rings. The van der Waals surface area contributed by atoms with E-state index in [2.05, 4.69) is 9.88 Å². The maximum Gasteiger partial charge on any atom is 0.138 e. The molecule has 1 unspecified atom stereocenters. The van der Waals surface area contributed by atoms with E-state index in [9.17, 15) is 8.78 Å². The van der Waals surface area contributed by atoms with Gasteiger partial charge in [0, 0.05) is 18.3 Å². The van der Waals surface area contributed by atoms with Gasteiger partial charge in [-0.2, -0.15) is 0 Å². The molecule has 4 rings (SSSR count). The maximum atomic E-state index is 14.1. The molecule has 0 radical (unpaired) electrons. The Morgan fingerprint density at radius 2 is 2.04 bits per heavy atom. The summed E-state index contributed by atoms with van der Waals surface area (Å²) in [6.45, 7) is 0.792. The summed E-state index contributed by atoms with van der Waals surface area (Å²) in [4.78, 5) is 6.29. The number of halogens is 2.